The third-order valence-corrected chi connectivity index (χ3v) is 4.42. The van der Waals surface area contributed by atoms with Gasteiger partial charge in [0.15, 0.2) is 5.13 Å². The lowest BCUT2D eigenvalue weighted by Crippen LogP contribution is -1.94. The Bertz CT molecular complexity index is 801. The molecule has 102 valence electrons. The van der Waals surface area contributed by atoms with Crippen LogP contribution in [-0.4, -0.2) is 4.98 Å². The molecular formula is C14H9BrF2N2S. The third-order valence-electron chi connectivity index (χ3n) is 2.86. The van der Waals surface area contributed by atoms with Gasteiger partial charge in [0.05, 0.1) is 14.7 Å². The summed E-state index contributed by atoms with van der Waals surface area (Å²) in [5, 5.41) is 3.78. The molecule has 6 heteroatoms. The van der Waals surface area contributed by atoms with Crippen molar-refractivity contribution in [3.63, 3.8) is 0 Å². The van der Waals surface area contributed by atoms with E-state index in [4.69, 9.17) is 0 Å². The van der Waals surface area contributed by atoms with Gasteiger partial charge in [0.25, 0.3) is 0 Å². The van der Waals surface area contributed by atoms with Gasteiger partial charge in [-0.15, -0.1) is 0 Å². The van der Waals surface area contributed by atoms with E-state index in [0.717, 1.165) is 16.0 Å². The molecule has 0 bridgehead atoms. The van der Waals surface area contributed by atoms with Crippen LogP contribution in [-0.2, 0) is 0 Å². The summed E-state index contributed by atoms with van der Waals surface area (Å²) in [6.45, 7) is 1.81. The van der Waals surface area contributed by atoms with E-state index >= 15 is 0 Å². The number of benzene rings is 2. The Labute approximate surface area is 126 Å². The number of rotatable bonds is 2. The first-order chi connectivity index (χ1) is 9.52. The highest BCUT2D eigenvalue weighted by Gasteiger charge is 2.09. The summed E-state index contributed by atoms with van der Waals surface area (Å²) in [5.74, 6) is -0.616. The van der Waals surface area contributed by atoms with E-state index in [1.807, 2.05) is 6.92 Å². The highest BCUT2D eigenvalue weighted by molar-refractivity contribution is 9.10. The second-order valence-corrected chi connectivity index (χ2v) is 6.22. The fourth-order valence-corrected chi connectivity index (χ4v) is 3.05. The van der Waals surface area contributed by atoms with Crippen molar-refractivity contribution >= 4 is 48.3 Å². The number of fused-ring (bicyclic) bond motifs is 1. The van der Waals surface area contributed by atoms with Crippen LogP contribution in [0.3, 0.4) is 0 Å². The van der Waals surface area contributed by atoms with Crippen LogP contribution in [0.4, 0.5) is 19.6 Å². The minimum Gasteiger partial charge on any atom is -0.331 e. The molecule has 1 aromatic heterocycles. The minimum absolute atomic E-state index is 0.306. The molecule has 0 aliphatic heterocycles. The van der Waals surface area contributed by atoms with E-state index < -0.39 is 0 Å². The Morgan fingerprint density at radius 3 is 2.80 bits per heavy atom. The molecule has 0 unspecified atom stereocenters. The van der Waals surface area contributed by atoms with Crippen LogP contribution in [0.1, 0.15) is 5.56 Å². The number of aryl methyl sites for hydroxylation is 1. The smallest absolute Gasteiger partial charge is 0.188 e. The molecule has 0 fully saturated rings. The van der Waals surface area contributed by atoms with Crippen LogP contribution in [0.25, 0.3) is 10.2 Å². The van der Waals surface area contributed by atoms with Gasteiger partial charge in [-0.3, -0.25) is 0 Å². The fourth-order valence-electron chi connectivity index (χ4n) is 1.85. The number of halogens is 3. The SMILES string of the molecule is Cc1cc(F)c(Br)cc1Nc1nc2cc(F)ccc2s1. The molecule has 0 saturated carbocycles. The van der Waals surface area contributed by atoms with Crippen molar-refractivity contribution in [3.8, 4) is 0 Å². The third kappa shape index (κ3) is 2.53. The summed E-state index contributed by atoms with van der Waals surface area (Å²) < 4.78 is 27.8. The molecule has 3 aromatic rings. The Kier molecular flexibility index (Phi) is 3.43. The summed E-state index contributed by atoms with van der Waals surface area (Å²) in [5.41, 5.74) is 2.14. The maximum absolute atomic E-state index is 13.4. The molecule has 0 spiro atoms. The summed E-state index contributed by atoms with van der Waals surface area (Å²) in [7, 11) is 0. The average molecular weight is 355 g/mol. The molecule has 20 heavy (non-hydrogen) atoms. The Hall–Kier alpha value is -1.53. The molecule has 3 rings (SSSR count). The molecule has 0 aliphatic carbocycles. The summed E-state index contributed by atoms with van der Waals surface area (Å²) in [6, 6.07) is 7.60. The van der Waals surface area contributed by atoms with Gasteiger partial charge in [0.1, 0.15) is 11.6 Å². The van der Waals surface area contributed by atoms with Gasteiger partial charge >= 0.3 is 0 Å². The van der Waals surface area contributed by atoms with Crippen molar-refractivity contribution in [2.45, 2.75) is 6.92 Å². The normalized spacial score (nSPS) is 11.0. The van der Waals surface area contributed by atoms with Gasteiger partial charge < -0.3 is 5.32 Å². The number of nitrogens with zero attached hydrogens (tertiary/aromatic N) is 1. The number of hydrogen-bond donors (Lipinski definition) is 1. The lowest BCUT2D eigenvalue weighted by molar-refractivity contribution is 0.620. The molecule has 2 nitrogen and oxygen atoms in total. The summed E-state index contributed by atoms with van der Waals surface area (Å²) in [6.07, 6.45) is 0. The van der Waals surface area contributed by atoms with Crippen molar-refractivity contribution in [2.75, 3.05) is 5.32 Å². The van der Waals surface area contributed by atoms with Crippen molar-refractivity contribution in [1.29, 1.82) is 0 Å². The Morgan fingerprint density at radius 2 is 2.00 bits per heavy atom. The van der Waals surface area contributed by atoms with E-state index in [1.165, 1.54) is 29.5 Å². The van der Waals surface area contributed by atoms with E-state index in [0.29, 0.717) is 15.1 Å². The van der Waals surface area contributed by atoms with E-state index in [-0.39, 0.29) is 11.6 Å². The first kappa shape index (κ1) is 13.5. The molecule has 1 N–H and O–H groups in total. The van der Waals surface area contributed by atoms with Crippen LogP contribution in [0, 0.1) is 18.6 Å². The molecule has 1 heterocycles. The first-order valence-corrected chi connectivity index (χ1v) is 7.42. The summed E-state index contributed by atoms with van der Waals surface area (Å²) >= 11 is 4.58. The van der Waals surface area contributed by atoms with Gasteiger partial charge in [-0.1, -0.05) is 11.3 Å². The van der Waals surface area contributed by atoms with Gasteiger partial charge in [0.2, 0.25) is 0 Å². The predicted molar refractivity (Wildman–Crippen MR) is 81.7 cm³/mol. The molecule has 0 aliphatic rings. The van der Waals surface area contributed by atoms with Crippen LogP contribution in [0.15, 0.2) is 34.8 Å². The number of anilines is 2. The minimum atomic E-state index is -0.310. The molecule has 2 aromatic carbocycles. The topological polar surface area (TPSA) is 24.9 Å². The second kappa shape index (κ2) is 5.10. The highest BCUT2D eigenvalue weighted by Crippen LogP contribution is 2.31. The van der Waals surface area contributed by atoms with Crippen LogP contribution in [0.2, 0.25) is 0 Å². The highest BCUT2D eigenvalue weighted by atomic mass is 79.9. The lowest BCUT2D eigenvalue weighted by atomic mass is 10.2. The molecule has 0 atom stereocenters. The van der Waals surface area contributed by atoms with Gasteiger partial charge in [-0.25, -0.2) is 13.8 Å². The van der Waals surface area contributed by atoms with Crippen LogP contribution in [0.5, 0.6) is 0 Å². The van der Waals surface area contributed by atoms with Crippen molar-refractivity contribution in [1.82, 2.24) is 4.98 Å². The van der Waals surface area contributed by atoms with Gasteiger partial charge in [-0.05, 0) is 52.7 Å². The maximum atomic E-state index is 13.4. The number of aromatic nitrogens is 1. The number of hydrogen-bond acceptors (Lipinski definition) is 3. The number of nitrogens with one attached hydrogen (secondary N) is 1. The Morgan fingerprint density at radius 1 is 1.20 bits per heavy atom. The molecule has 0 saturated heterocycles. The largest absolute Gasteiger partial charge is 0.331 e. The quantitative estimate of drug-likeness (QED) is 0.667. The predicted octanol–water partition coefficient (Wildman–Crippen LogP) is 5.39. The van der Waals surface area contributed by atoms with Crippen molar-refractivity contribution < 1.29 is 8.78 Å². The zero-order valence-electron chi connectivity index (χ0n) is 10.4. The zero-order valence-corrected chi connectivity index (χ0v) is 12.8. The average Bonchev–Trinajstić information content (AvgIpc) is 2.77. The molecule has 0 amide bonds. The number of thiazole rings is 1. The fraction of sp³-hybridized carbons (Fsp3) is 0.0714. The Balaban J connectivity index is 1.99. The van der Waals surface area contributed by atoms with Crippen LogP contribution >= 0.6 is 27.3 Å². The van der Waals surface area contributed by atoms with Crippen molar-refractivity contribution in [2.24, 2.45) is 0 Å². The summed E-state index contributed by atoms with van der Waals surface area (Å²) in [4.78, 5) is 4.32. The van der Waals surface area contributed by atoms with E-state index in [1.54, 1.807) is 12.1 Å². The van der Waals surface area contributed by atoms with Crippen LogP contribution < -0.4 is 5.32 Å². The van der Waals surface area contributed by atoms with E-state index in [2.05, 4.69) is 26.2 Å². The molecule has 0 radical (unpaired) electrons. The standard InChI is InChI=1S/C14H9BrF2N2S/c1-7-4-10(17)9(15)6-11(7)18-14-19-12-5-8(16)2-3-13(12)20-14/h2-6H,1H3,(H,18,19). The maximum Gasteiger partial charge on any atom is 0.188 e. The zero-order chi connectivity index (χ0) is 14.3. The first-order valence-electron chi connectivity index (χ1n) is 5.82. The van der Waals surface area contributed by atoms with E-state index in [9.17, 15) is 8.78 Å². The van der Waals surface area contributed by atoms with Gasteiger partial charge in [-0.2, -0.15) is 0 Å². The molecular weight excluding hydrogens is 346 g/mol. The second-order valence-electron chi connectivity index (χ2n) is 4.34. The lowest BCUT2D eigenvalue weighted by Gasteiger charge is -2.07. The van der Waals surface area contributed by atoms with Gasteiger partial charge in [0, 0.05) is 11.8 Å². The monoisotopic (exact) mass is 354 g/mol. The van der Waals surface area contributed by atoms with Crippen molar-refractivity contribution in [3.05, 3.63) is 52.0 Å².